The summed E-state index contributed by atoms with van der Waals surface area (Å²) in [6.07, 6.45) is 1.02. The minimum absolute atomic E-state index is 0. The van der Waals surface area contributed by atoms with E-state index in [-0.39, 0.29) is 24.0 Å². The second-order valence-corrected chi connectivity index (χ2v) is 5.50. The van der Waals surface area contributed by atoms with E-state index in [0.29, 0.717) is 18.1 Å². The van der Waals surface area contributed by atoms with Gasteiger partial charge < -0.3 is 21.5 Å². The van der Waals surface area contributed by atoms with E-state index >= 15 is 0 Å². The molecule has 0 aliphatic carbocycles. The molecule has 0 radical (unpaired) electrons. The number of morpholine rings is 1. The molecule has 5 N–H and O–H groups in total. The lowest BCUT2D eigenvalue weighted by atomic mass is 10.1. The molecule has 1 aliphatic heterocycles. The fraction of sp³-hybridized carbons (Fsp3) is 0.500. The Balaban J connectivity index is 0.00000288. The van der Waals surface area contributed by atoms with Gasteiger partial charge in [-0.25, -0.2) is 4.99 Å². The zero-order valence-electron chi connectivity index (χ0n) is 13.7. The number of ether oxygens (including phenoxy) is 1. The number of guanidine groups is 1. The second kappa shape index (κ2) is 11.2. The highest BCUT2D eigenvalue weighted by atomic mass is 127. The maximum atomic E-state index is 11.0. The van der Waals surface area contributed by atoms with Gasteiger partial charge in [-0.05, 0) is 30.7 Å². The van der Waals surface area contributed by atoms with E-state index in [1.54, 1.807) is 12.1 Å². The van der Waals surface area contributed by atoms with E-state index in [9.17, 15) is 4.79 Å². The van der Waals surface area contributed by atoms with Crippen molar-refractivity contribution in [2.24, 2.45) is 16.5 Å². The highest BCUT2D eigenvalue weighted by Crippen LogP contribution is 2.05. The minimum atomic E-state index is -0.429. The topological polar surface area (TPSA) is 106 Å². The first-order valence-corrected chi connectivity index (χ1v) is 7.88. The predicted octanol–water partition coefficient (Wildman–Crippen LogP) is 0.530. The van der Waals surface area contributed by atoms with Gasteiger partial charge in [-0.1, -0.05) is 12.1 Å². The maximum Gasteiger partial charge on any atom is 0.248 e. The van der Waals surface area contributed by atoms with Crippen molar-refractivity contribution >= 4 is 35.8 Å². The first-order valence-electron chi connectivity index (χ1n) is 7.88. The third-order valence-electron chi connectivity index (χ3n) is 3.73. The Kier molecular flexibility index (Phi) is 9.65. The number of benzene rings is 1. The summed E-state index contributed by atoms with van der Waals surface area (Å²) in [5.41, 5.74) is 12.5. The van der Waals surface area contributed by atoms with Gasteiger partial charge in [0, 0.05) is 25.2 Å². The lowest BCUT2D eigenvalue weighted by molar-refractivity contribution is 0.0376. The number of carbonyl (C=O) groups is 1. The van der Waals surface area contributed by atoms with Crippen LogP contribution in [0.25, 0.3) is 0 Å². The molecule has 1 heterocycles. The van der Waals surface area contributed by atoms with Crippen LogP contribution in [0.1, 0.15) is 22.3 Å². The van der Waals surface area contributed by atoms with Crippen molar-refractivity contribution < 1.29 is 9.53 Å². The zero-order valence-corrected chi connectivity index (χ0v) is 16.1. The number of primary amides is 1. The van der Waals surface area contributed by atoms with Crippen molar-refractivity contribution in [1.29, 1.82) is 0 Å². The molecule has 134 valence electrons. The Hall–Kier alpha value is -1.39. The van der Waals surface area contributed by atoms with Gasteiger partial charge in [-0.15, -0.1) is 24.0 Å². The van der Waals surface area contributed by atoms with Crippen molar-refractivity contribution in [3.05, 3.63) is 35.4 Å². The number of amides is 1. The van der Waals surface area contributed by atoms with Crippen LogP contribution in [0.5, 0.6) is 0 Å². The number of rotatable bonds is 7. The molecule has 0 saturated carbocycles. The van der Waals surface area contributed by atoms with Crippen molar-refractivity contribution in [3.8, 4) is 0 Å². The summed E-state index contributed by atoms with van der Waals surface area (Å²) in [6, 6.07) is 7.04. The molecule has 1 aliphatic rings. The normalized spacial score (nSPS) is 15.6. The molecule has 7 nitrogen and oxygen atoms in total. The molecule has 1 fully saturated rings. The van der Waals surface area contributed by atoms with Crippen LogP contribution in [0.15, 0.2) is 29.3 Å². The average Bonchev–Trinajstić information content (AvgIpc) is 2.58. The Labute approximate surface area is 159 Å². The van der Waals surface area contributed by atoms with E-state index < -0.39 is 5.91 Å². The zero-order chi connectivity index (χ0) is 16.5. The van der Waals surface area contributed by atoms with Crippen LogP contribution in [0.2, 0.25) is 0 Å². The summed E-state index contributed by atoms with van der Waals surface area (Å²) in [5.74, 6) is 0.00690. The number of carbonyl (C=O) groups excluding carboxylic acids is 1. The van der Waals surface area contributed by atoms with Gasteiger partial charge in [-0.3, -0.25) is 9.69 Å². The van der Waals surface area contributed by atoms with Crippen LogP contribution < -0.4 is 16.8 Å². The summed E-state index contributed by atoms with van der Waals surface area (Å²) < 4.78 is 5.32. The Bertz CT molecular complexity index is 530. The molecule has 0 aromatic heterocycles. The van der Waals surface area contributed by atoms with E-state index in [0.717, 1.165) is 51.4 Å². The van der Waals surface area contributed by atoms with Crippen LogP contribution in [0.3, 0.4) is 0 Å². The monoisotopic (exact) mass is 447 g/mol. The molecule has 1 amide bonds. The van der Waals surface area contributed by atoms with Gasteiger partial charge in [0.05, 0.1) is 19.8 Å². The van der Waals surface area contributed by atoms with Gasteiger partial charge >= 0.3 is 0 Å². The molecule has 0 unspecified atom stereocenters. The van der Waals surface area contributed by atoms with Gasteiger partial charge in [0.25, 0.3) is 0 Å². The number of halogens is 1. The van der Waals surface area contributed by atoms with Crippen LogP contribution >= 0.6 is 24.0 Å². The summed E-state index contributed by atoms with van der Waals surface area (Å²) in [6.45, 7) is 5.97. The Morgan fingerprint density at radius 1 is 1.21 bits per heavy atom. The number of nitrogens with zero attached hydrogens (tertiary/aromatic N) is 2. The average molecular weight is 447 g/mol. The number of aliphatic imine (C=N–C) groups is 1. The van der Waals surface area contributed by atoms with Gasteiger partial charge in [-0.2, -0.15) is 0 Å². The number of nitrogens with one attached hydrogen (secondary N) is 1. The third-order valence-corrected chi connectivity index (χ3v) is 3.73. The van der Waals surface area contributed by atoms with Gasteiger partial charge in [0.2, 0.25) is 5.91 Å². The third kappa shape index (κ3) is 7.45. The smallest absolute Gasteiger partial charge is 0.248 e. The van der Waals surface area contributed by atoms with Crippen molar-refractivity contribution in [2.45, 2.75) is 13.0 Å². The second-order valence-electron chi connectivity index (χ2n) is 5.50. The molecule has 0 atom stereocenters. The standard InChI is InChI=1S/C16H25N5O2.HI/c17-15(22)14-4-2-13(3-5-14)12-20-16(18)19-6-1-7-21-8-10-23-11-9-21;/h2-5H,1,6-12H2,(H2,17,22)(H3,18,19,20);1H. The van der Waals surface area contributed by atoms with Crippen molar-refractivity contribution in [2.75, 3.05) is 39.4 Å². The van der Waals surface area contributed by atoms with Crippen LogP contribution in [-0.4, -0.2) is 56.2 Å². The van der Waals surface area contributed by atoms with Gasteiger partial charge in [0.15, 0.2) is 5.96 Å². The van der Waals surface area contributed by atoms with E-state index in [4.69, 9.17) is 16.2 Å². The molecule has 1 aromatic rings. The molecule has 0 spiro atoms. The van der Waals surface area contributed by atoms with Gasteiger partial charge in [0.1, 0.15) is 0 Å². The quantitative estimate of drug-likeness (QED) is 0.245. The summed E-state index contributed by atoms with van der Waals surface area (Å²) in [7, 11) is 0. The summed E-state index contributed by atoms with van der Waals surface area (Å²) in [4.78, 5) is 17.7. The van der Waals surface area contributed by atoms with E-state index in [1.165, 1.54) is 0 Å². The van der Waals surface area contributed by atoms with E-state index in [2.05, 4.69) is 15.2 Å². The van der Waals surface area contributed by atoms with E-state index in [1.807, 2.05) is 12.1 Å². The molecular formula is C16H26IN5O2. The summed E-state index contributed by atoms with van der Waals surface area (Å²) >= 11 is 0. The fourth-order valence-electron chi connectivity index (χ4n) is 2.35. The highest BCUT2D eigenvalue weighted by molar-refractivity contribution is 14.0. The summed E-state index contributed by atoms with van der Waals surface area (Å²) in [5, 5.41) is 3.12. The lowest BCUT2D eigenvalue weighted by Gasteiger charge is -2.26. The molecule has 0 bridgehead atoms. The Morgan fingerprint density at radius 2 is 1.88 bits per heavy atom. The first-order chi connectivity index (χ1) is 11.1. The molecule has 8 heteroatoms. The molecule has 1 saturated heterocycles. The lowest BCUT2D eigenvalue weighted by Crippen LogP contribution is -2.39. The minimum Gasteiger partial charge on any atom is -0.379 e. The highest BCUT2D eigenvalue weighted by Gasteiger charge is 2.08. The Morgan fingerprint density at radius 3 is 2.50 bits per heavy atom. The molecular weight excluding hydrogens is 421 g/mol. The molecule has 1 aromatic carbocycles. The van der Waals surface area contributed by atoms with Crippen LogP contribution in [0, 0.1) is 0 Å². The van der Waals surface area contributed by atoms with Crippen LogP contribution in [0.4, 0.5) is 0 Å². The largest absolute Gasteiger partial charge is 0.379 e. The molecule has 2 rings (SSSR count). The number of hydrogen-bond acceptors (Lipinski definition) is 4. The van der Waals surface area contributed by atoms with Crippen LogP contribution in [-0.2, 0) is 11.3 Å². The molecule has 24 heavy (non-hydrogen) atoms. The number of hydrogen-bond donors (Lipinski definition) is 3. The first kappa shape index (κ1) is 20.7. The van der Waals surface area contributed by atoms with Crippen molar-refractivity contribution in [3.63, 3.8) is 0 Å². The predicted molar refractivity (Wildman–Crippen MR) is 106 cm³/mol. The number of nitrogens with two attached hydrogens (primary N) is 2. The maximum absolute atomic E-state index is 11.0. The van der Waals surface area contributed by atoms with Crippen molar-refractivity contribution in [1.82, 2.24) is 10.2 Å². The fourth-order valence-corrected chi connectivity index (χ4v) is 2.35. The SMILES string of the molecule is I.NC(=O)c1ccc(CN=C(N)NCCCN2CCOCC2)cc1.